The van der Waals surface area contributed by atoms with Gasteiger partial charge < -0.3 is 5.32 Å². The summed E-state index contributed by atoms with van der Waals surface area (Å²) >= 11 is 2.61. The lowest BCUT2D eigenvalue weighted by atomic mass is 9.95. The van der Waals surface area contributed by atoms with Crippen molar-refractivity contribution in [3.8, 4) is 6.07 Å². The fourth-order valence-electron chi connectivity index (χ4n) is 3.06. The summed E-state index contributed by atoms with van der Waals surface area (Å²) in [7, 11) is 0. The molecule has 1 aliphatic rings. The van der Waals surface area contributed by atoms with Crippen LogP contribution in [0.25, 0.3) is 0 Å². The summed E-state index contributed by atoms with van der Waals surface area (Å²) in [6, 6.07) is 9.69. The van der Waals surface area contributed by atoms with Crippen molar-refractivity contribution >= 4 is 34.7 Å². The summed E-state index contributed by atoms with van der Waals surface area (Å²) in [5.41, 5.74) is 3.32. The lowest BCUT2D eigenvalue weighted by molar-refractivity contribution is 0.102. The molecule has 0 atom stereocenters. The van der Waals surface area contributed by atoms with E-state index in [1.807, 2.05) is 6.07 Å². The van der Waals surface area contributed by atoms with E-state index in [9.17, 15) is 14.4 Å². The first-order valence-electron chi connectivity index (χ1n) is 9.07. The number of aromatic nitrogens is 3. The second-order valence-electron chi connectivity index (χ2n) is 6.52. The Morgan fingerprint density at radius 1 is 1.24 bits per heavy atom. The molecule has 0 unspecified atom stereocenters. The van der Waals surface area contributed by atoms with E-state index >= 15 is 0 Å². The van der Waals surface area contributed by atoms with Crippen LogP contribution < -0.4 is 5.32 Å². The first kappa shape index (κ1) is 19.5. The second kappa shape index (κ2) is 8.68. The molecule has 2 aromatic heterocycles. The van der Waals surface area contributed by atoms with Crippen molar-refractivity contribution in [2.75, 3.05) is 5.32 Å². The Morgan fingerprint density at radius 3 is 2.83 bits per heavy atom. The van der Waals surface area contributed by atoms with E-state index in [0.717, 1.165) is 31.4 Å². The maximum atomic E-state index is 13.0. The number of amides is 1. The Bertz CT molecular complexity index is 1090. The van der Waals surface area contributed by atoms with Gasteiger partial charge in [-0.1, -0.05) is 23.1 Å². The van der Waals surface area contributed by atoms with Crippen molar-refractivity contribution in [1.82, 2.24) is 15.2 Å². The summed E-state index contributed by atoms with van der Waals surface area (Å²) in [6.45, 7) is 0. The smallest absolute Gasteiger partial charge is 0.286 e. The quantitative estimate of drug-likeness (QED) is 0.611. The van der Waals surface area contributed by atoms with E-state index in [0.29, 0.717) is 27.0 Å². The average molecular weight is 426 g/mol. The van der Waals surface area contributed by atoms with Crippen LogP contribution in [0.15, 0.2) is 35.4 Å². The molecule has 29 heavy (non-hydrogen) atoms. The van der Waals surface area contributed by atoms with Gasteiger partial charge in [-0.3, -0.25) is 4.79 Å². The van der Waals surface area contributed by atoms with Gasteiger partial charge in [-0.25, -0.2) is 9.37 Å². The number of nitriles is 1. The largest absolute Gasteiger partial charge is 0.320 e. The minimum atomic E-state index is -0.394. The highest BCUT2D eigenvalue weighted by atomic mass is 32.2. The van der Waals surface area contributed by atoms with Crippen LogP contribution in [-0.4, -0.2) is 21.1 Å². The number of rotatable bonds is 5. The van der Waals surface area contributed by atoms with Gasteiger partial charge in [0.1, 0.15) is 21.9 Å². The lowest BCUT2D eigenvalue weighted by Gasteiger charge is -2.16. The highest BCUT2D eigenvalue weighted by Crippen LogP contribution is 2.30. The molecule has 0 fully saturated rings. The number of aryl methyl sites for hydroxylation is 2. The fraction of sp³-hybridized carbons (Fsp3) is 0.250. The van der Waals surface area contributed by atoms with Gasteiger partial charge in [-0.05, 0) is 61.6 Å². The maximum Gasteiger partial charge on any atom is 0.286 e. The van der Waals surface area contributed by atoms with Crippen molar-refractivity contribution < 1.29 is 9.18 Å². The second-order valence-corrected chi connectivity index (χ2v) is 8.54. The molecule has 0 spiro atoms. The van der Waals surface area contributed by atoms with Crippen LogP contribution in [-0.2, 0) is 18.6 Å². The summed E-state index contributed by atoms with van der Waals surface area (Å²) in [5.74, 6) is -0.289. The molecule has 0 saturated heterocycles. The van der Waals surface area contributed by atoms with E-state index in [-0.39, 0.29) is 10.8 Å². The van der Waals surface area contributed by atoms with Crippen molar-refractivity contribution in [1.29, 1.82) is 5.26 Å². The van der Waals surface area contributed by atoms with E-state index in [2.05, 4.69) is 21.6 Å². The number of hydrogen-bond donors (Lipinski definition) is 1. The first-order chi connectivity index (χ1) is 14.1. The van der Waals surface area contributed by atoms with Crippen molar-refractivity contribution in [2.24, 2.45) is 0 Å². The molecule has 1 N–H and O–H groups in total. The standard InChI is InChI=1S/C20H16FN5OS2/c21-14-5-7-15(8-6-14)23-18(27)20-26-25-17(29-20)11-28-19-13(10-22)9-12-3-1-2-4-16(12)24-19/h5-9H,1-4,11H2,(H,23,27). The van der Waals surface area contributed by atoms with E-state index < -0.39 is 5.91 Å². The molecular weight excluding hydrogens is 409 g/mol. The van der Waals surface area contributed by atoms with Gasteiger partial charge in [0.15, 0.2) is 0 Å². The summed E-state index contributed by atoms with van der Waals surface area (Å²) in [4.78, 5) is 17.0. The van der Waals surface area contributed by atoms with E-state index in [1.165, 1.54) is 52.9 Å². The number of nitrogens with one attached hydrogen (secondary N) is 1. The van der Waals surface area contributed by atoms with Gasteiger partial charge in [0.25, 0.3) is 5.91 Å². The molecule has 0 aliphatic heterocycles. The van der Waals surface area contributed by atoms with Crippen LogP contribution in [0.4, 0.5) is 10.1 Å². The number of pyridine rings is 1. The minimum absolute atomic E-state index is 0.226. The molecule has 3 aromatic rings. The number of fused-ring (bicyclic) bond motifs is 1. The molecule has 4 rings (SSSR count). The van der Waals surface area contributed by atoms with Gasteiger partial charge in [-0.2, -0.15) is 5.26 Å². The van der Waals surface area contributed by atoms with Crippen molar-refractivity contribution in [3.63, 3.8) is 0 Å². The van der Waals surface area contributed by atoms with Crippen LogP contribution in [0.1, 0.15) is 44.5 Å². The zero-order valence-electron chi connectivity index (χ0n) is 15.3. The molecule has 9 heteroatoms. The number of hydrogen-bond acceptors (Lipinski definition) is 7. The predicted octanol–water partition coefficient (Wildman–Crippen LogP) is 4.37. The van der Waals surface area contributed by atoms with Gasteiger partial charge in [0, 0.05) is 11.4 Å². The number of carbonyl (C=O) groups excluding carboxylic acids is 1. The van der Waals surface area contributed by atoms with E-state index in [4.69, 9.17) is 4.98 Å². The molecular formula is C20H16FN5OS2. The Morgan fingerprint density at radius 2 is 2.03 bits per heavy atom. The monoisotopic (exact) mass is 425 g/mol. The molecule has 1 aliphatic carbocycles. The van der Waals surface area contributed by atoms with Gasteiger partial charge in [0.05, 0.1) is 11.3 Å². The van der Waals surface area contributed by atoms with E-state index in [1.54, 1.807) is 0 Å². The van der Waals surface area contributed by atoms with Crippen LogP contribution in [0.3, 0.4) is 0 Å². The number of nitrogens with zero attached hydrogens (tertiary/aromatic N) is 4. The number of anilines is 1. The Hall–Kier alpha value is -2.83. The lowest BCUT2D eigenvalue weighted by Crippen LogP contribution is -2.11. The molecule has 6 nitrogen and oxygen atoms in total. The summed E-state index contributed by atoms with van der Waals surface area (Å²) in [6.07, 6.45) is 4.19. The zero-order chi connectivity index (χ0) is 20.2. The number of carbonyl (C=O) groups is 1. The highest BCUT2D eigenvalue weighted by Gasteiger charge is 2.17. The third-order valence-corrected chi connectivity index (χ3v) is 6.59. The number of thioether (sulfide) groups is 1. The Kier molecular flexibility index (Phi) is 5.83. The molecule has 0 radical (unpaired) electrons. The van der Waals surface area contributed by atoms with Crippen molar-refractivity contribution in [2.45, 2.75) is 36.5 Å². The molecule has 0 bridgehead atoms. The molecule has 1 amide bonds. The molecule has 0 saturated carbocycles. The predicted molar refractivity (Wildman–Crippen MR) is 109 cm³/mol. The first-order valence-corrected chi connectivity index (χ1v) is 10.9. The van der Waals surface area contributed by atoms with Crippen LogP contribution in [0.5, 0.6) is 0 Å². The maximum absolute atomic E-state index is 13.0. The van der Waals surface area contributed by atoms with Crippen LogP contribution in [0.2, 0.25) is 0 Å². The van der Waals surface area contributed by atoms with Crippen molar-refractivity contribution in [3.05, 3.63) is 63.0 Å². The summed E-state index contributed by atoms with van der Waals surface area (Å²) < 4.78 is 13.0. The summed E-state index contributed by atoms with van der Waals surface area (Å²) in [5, 5.41) is 21.7. The van der Waals surface area contributed by atoms with Gasteiger partial charge >= 0.3 is 0 Å². The molecule has 146 valence electrons. The zero-order valence-corrected chi connectivity index (χ0v) is 16.9. The van der Waals surface area contributed by atoms with Crippen LogP contribution >= 0.6 is 23.1 Å². The number of benzene rings is 1. The normalized spacial score (nSPS) is 12.8. The van der Waals surface area contributed by atoms with Gasteiger partial charge in [-0.15, -0.1) is 10.2 Å². The number of halogens is 1. The highest BCUT2D eigenvalue weighted by molar-refractivity contribution is 7.98. The third kappa shape index (κ3) is 4.60. The molecule has 1 aromatic carbocycles. The fourth-order valence-corrected chi connectivity index (χ4v) is 4.75. The topological polar surface area (TPSA) is 91.6 Å². The Labute approximate surface area is 175 Å². The van der Waals surface area contributed by atoms with Crippen LogP contribution in [0, 0.1) is 17.1 Å². The Balaban J connectivity index is 1.42. The third-order valence-electron chi connectivity index (χ3n) is 4.48. The molecule has 2 heterocycles. The van der Waals surface area contributed by atoms with Gasteiger partial charge in [0.2, 0.25) is 5.01 Å². The average Bonchev–Trinajstić information content (AvgIpc) is 3.22. The SMILES string of the molecule is N#Cc1cc2c(nc1SCc1nnc(C(=O)Nc3ccc(F)cc3)s1)CCCC2. The minimum Gasteiger partial charge on any atom is -0.320 e.